The number of benzene rings is 1. The van der Waals surface area contributed by atoms with Gasteiger partial charge in [0.2, 0.25) is 0 Å². The van der Waals surface area contributed by atoms with Crippen molar-refractivity contribution in [2.45, 2.75) is 25.9 Å². The van der Waals surface area contributed by atoms with Gasteiger partial charge in [0.25, 0.3) is 0 Å². The zero-order valence-electron chi connectivity index (χ0n) is 8.85. The Bertz CT molecular complexity index is 295. The monoisotopic (exact) mass is 208 g/mol. The molecule has 0 amide bonds. The topological polar surface area (TPSA) is 46.5 Å². The number of esters is 1. The zero-order chi connectivity index (χ0) is 11.1. The van der Waals surface area contributed by atoms with Crippen molar-refractivity contribution in [2.75, 3.05) is 6.61 Å². The largest absolute Gasteiger partial charge is 0.456 e. The van der Waals surface area contributed by atoms with Crippen LogP contribution in [-0.4, -0.2) is 23.8 Å². The normalized spacial score (nSPS) is 12.1. The molecule has 1 unspecified atom stereocenters. The predicted octanol–water partition coefficient (Wildman–Crippen LogP) is 2.00. The number of carbonyl (C=O) groups excluding carboxylic acids is 1. The first-order valence-electron chi connectivity index (χ1n) is 5.14. The van der Waals surface area contributed by atoms with Crippen molar-refractivity contribution in [1.82, 2.24) is 0 Å². The van der Waals surface area contributed by atoms with Gasteiger partial charge in [0, 0.05) is 0 Å². The highest BCUT2D eigenvalue weighted by molar-refractivity contribution is 5.89. The zero-order valence-corrected chi connectivity index (χ0v) is 8.85. The van der Waals surface area contributed by atoms with Gasteiger partial charge in [-0.25, -0.2) is 4.79 Å². The minimum Gasteiger partial charge on any atom is -0.456 e. The Morgan fingerprint density at radius 1 is 1.40 bits per heavy atom. The lowest BCUT2D eigenvalue weighted by molar-refractivity contribution is 0.0113. The van der Waals surface area contributed by atoms with Crippen LogP contribution >= 0.6 is 0 Å². The Morgan fingerprint density at radius 3 is 2.60 bits per heavy atom. The van der Waals surface area contributed by atoms with Crippen molar-refractivity contribution in [1.29, 1.82) is 0 Å². The van der Waals surface area contributed by atoms with Crippen LogP contribution in [0.5, 0.6) is 0 Å². The summed E-state index contributed by atoms with van der Waals surface area (Å²) in [6.45, 7) is 1.87. The molecule has 0 aromatic heterocycles. The maximum atomic E-state index is 11.6. The molecule has 0 fully saturated rings. The van der Waals surface area contributed by atoms with E-state index in [-0.39, 0.29) is 18.7 Å². The van der Waals surface area contributed by atoms with Crippen LogP contribution in [0.25, 0.3) is 0 Å². The van der Waals surface area contributed by atoms with E-state index in [1.165, 1.54) is 0 Å². The average Bonchev–Trinajstić information content (AvgIpc) is 2.29. The average molecular weight is 208 g/mol. The van der Waals surface area contributed by atoms with E-state index >= 15 is 0 Å². The lowest BCUT2D eigenvalue weighted by Crippen LogP contribution is -2.21. The molecular weight excluding hydrogens is 192 g/mol. The second-order valence-corrected chi connectivity index (χ2v) is 3.36. The third-order valence-corrected chi connectivity index (χ3v) is 2.10. The van der Waals surface area contributed by atoms with Crippen LogP contribution < -0.4 is 0 Å². The van der Waals surface area contributed by atoms with Crippen molar-refractivity contribution >= 4 is 5.97 Å². The van der Waals surface area contributed by atoms with Crippen LogP contribution in [0.3, 0.4) is 0 Å². The molecule has 0 spiro atoms. The summed E-state index contributed by atoms with van der Waals surface area (Å²) in [7, 11) is 0. The molecule has 1 aromatic rings. The molecule has 3 nitrogen and oxygen atoms in total. The number of rotatable bonds is 5. The number of aliphatic hydroxyl groups is 1. The van der Waals surface area contributed by atoms with E-state index in [4.69, 9.17) is 9.84 Å². The first kappa shape index (κ1) is 11.7. The molecule has 0 heterocycles. The molecule has 3 heteroatoms. The fourth-order valence-corrected chi connectivity index (χ4v) is 1.30. The highest BCUT2D eigenvalue weighted by Gasteiger charge is 2.13. The second-order valence-electron chi connectivity index (χ2n) is 3.36. The first-order valence-corrected chi connectivity index (χ1v) is 5.14. The number of hydrogen-bond acceptors (Lipinski definition) is 3. The van der Waals surface area contributed by atoms with Crippen molar-refractivity contribution in [3.05, 3.63) is 35.9 Å². The van der Waals surface area contributed by atoms with E-state index in [0.717, 1.165) is 6.42 Å². The standard InChI is InChI=1S/C12H16O3/c1-2-6-11(9-13)15-12(14)10-7-4-3-5-8-10/h3-5,7-8,11,13H,2,6,9H2,1H3. The molecular formula is C12H16O3. The number of ether oxygens (including phenoxy) is 1. The van der Waals surface area contributed by atoms with E-state index in [0.29, 0.717) is 12.0 Å². The first-order chi connectivity index (χ1) is 7.27. The lowest BCUT2D eigenvalue weighted by atomic mass is 10.2. The Morgan fingerprint density at radius 2 is 2.07 bits per heavy atom. The second kappa shape index (κ2) is 6.19. The summed E-state index contributed by atoms with van der Waals surface area (Å²) in [5.74, 6) is -0.372. The fourth-order valence-electron chi connectivity index (χ4n) is 1.30. The lowest BCUT2D eigenvalue weighted by Gasteiger charge is -2.14. The fraction of sp³-hybridized carbons (Fsp3) is 0.417. The molecule has 15 heavy (non-hydrogen) atoms. The Balaban J connectivity index is 2.55. The van der Waals surface area contributed by atoms with Crippen LogP contribution in [-0.2, 0) is 4.74 Å². The number of aliphatic hydroxyl groups excluding tert-OH is 1. The summed E-state index contributed by atoms with van der Waals surface area (Å²) in [4.78, 5) is 11.6. The van der Waals surface area contributed by atoms with Crippen LogP contribution in [0, 0.1) is 0 Å². The highest BCUT2D eigenvalue weighted by atomic mass is 16.6. The minimum absolute atomic E-state index is 0.119. The van der Waals surface area contributed by atoms with Crippen molar-refractivity contribution in [2.24, 2.45) is 0 Å². The quantitative estimate of drug-likeness (QED) is 0.753. The summed E-state index contributed by atoms with van der Waals surface area (Å²) >= 11 is 0. The van der Waals surface area contributed by atoms with Gasteiger partial charge in [-0.3, -0.25) is 0 Å². The van der Waals surface area contributed by atoms with Gasteiger partial charge in [-0.2, -0.15) is 0 Å². The summed E-state index contributed by atoms with van der Waals surface area (Å²) < 4.78 is 5.14. The maximum absolute atomic E-state index is 11.6. The van der Waals surface area contributed by atoms with Gasteiger partial charge in [-0.05, 0) is 18.6 Å². The maximum Gasteiger partial charge on any atom is 0.338 e. The van der Waals surface area contributed by atoms with Crippen LogP contribution in [0.15, 0.2) is 30.3 Å². The van der Waals surface area contributed by atoms with E-state index in [1.807, 2.05) is 13.0 Å². The summed E-state index contributed by atoms with van der Waals surface area (Å²) in [5.41, 5.74) is 0.520. The van der Waals surface area contributed by atoms with Gasteiger partial charge in [0.1, 0.15) is 6.10 Å². The minimum atomic E-state index is -0.386. The third kappa shape index (κ3) is 3.72. The molecule has 0 aliphatic heterocycles. The molecule has 0 aliphatic carbocycles. The number of carbonyl (C=O) groups is 1. The van der Waals surface area contributed by atoms with Gasteiger partial charge >= 0.3 is 5.97 Å². The molecule has 0 saturated carbocycles. The smallest absolute Gasteiger partial charge is 0.338 e. The van der Waals surface area contributed by atoms with Gasteiger partial charge in [0.15, 0.2) is 0 Å². The van der Waals surface area contributed by atoms with Crippen LogP contribution in [0.2, 0.25) is 0 Å². The molecule has 1 N–H and O–H groups in total. The predicted molar refractivity (Wildman–Crippen MR) is 57.6 cm³/mol. The van der Waals surface area contributed by atoms with Gasteiger partial charge in [-0.15, -0.1) is 0 Å². The Labute approximate surface area is 89.7 Å². The Hall–Kier alpha value is -1.35. The van der Waals surface area contributed by atoms with Crippen LogP contribution in [0.1, 0.15) is 30.1 Å². The van der Waals surface area contributed by atoms with Crippen molar-refractivity contribution in [3.8, 4) is 0 Å². The molecule has 1 atom stereocenters. The third-order valence-electron chi connectivity index (χ3n) is 2.10. The molecule has 1 rings (SSSR count). The molecule has 82 valence electrons. The van der Waals surface area contributed by atoms with E-state index in [2.05, 4.69) is 0 Å². The van der Waals surface area contributed by atoms with Gasteiger partial charge < -0.3 is 9.84 Å². The molecule has 0 saturated heterocycles. The van der Waals surface area contributed by atoms with E-state index < -0.39 is 0 Å². The van der Waals surface area contributed by atoms with Crippen LogP contribution in [0.4, 0.5) is 0 Å². The summed E-state index contributed by atoms with van der Waals surface area (Å²) in [6.07, 6.45) is 1.19. The van der Waals surface area contributed by atoms with Gasteiger partial charge in [-0.1, -0.05) is 31.5 Å². The molecule has 0 radical (unpaired) electrons. The number of hydrogen-bond donors (Lipinski definition) is 1. The van der Waals surface area contributed by atoms with Crippen molar-refractivity contribution in [3.63, 3.8) is 0 Å². The highest BCUT2D eigenvalue weighted by Crippen LogP contribution is 2.07. The van der Waals surface area contributed by atoms with Gasteiger partial charge in [0.05, 0.1) is 12.2 Å². The van der Waals surface area contributed by atoms with E-state index in [9.17, 15) is 4.79 Å². The van der Waals surface area contributed by atoms with E-state index in [1.54, 1.807) is 24.3 Å². The Kier molecular flexibility index (Phi) is 4.84. The SMILES string of the molecule is CCCC(CO)OC(=O)c1ccccc1. The summed E-state index contributed by atoms with van der Waals surface area (Å²) in [5, 5.41) is 8.98. The van der Waals surface area contributed by atoms with Crippen molar-refractivity contribution < 1.29 is 14.6 Å². The summed E-state index contributed by atoms with van der Waals surface area (Å²) in [6, 6.07) is 8.80. The molecule has 0 aliphatic rings. The molecule has 1 aromatic carbocycles. The molecule has 0 bridgehead atoms.